The average molecular weight is 499 g/mol. The number of hydrogen-bond donors (Lipinski definition) is 1. The maximum absolute atomic E-state index is 13.6. The molecule has 2 fully saturated rings. The number of nitrogens with one attached hydrogen (secondary N) is 1. The van der Waals surface area contributed by atoms with Gasteiger partial charge < -0.3 is 9.88 Å². The van der Waals surface area contributed by atoms with Gasteiger partial charge in [0.05, 0.1) is 24.4 Å². The Morgan fingerprint density at radius 1 is 1.30 bits per heavy atom. The Hall–Kier alpha value is -4.10. The maximum atomic E-state index is 13.6. The van der Waals surface area contributed by atoms with Gasteiger partial charge in [-0.1, -0.05) is 6.07 Å². The molecule has 1 amide bonds. The van der Waals surface area contributed by atoms with Gasteiger partial charge in [0.2, 0.25) is 0 Å². The lowest BCUT2D eigenvalue weighted by molar-refractivity contribution is -0.0480. The monoisotopic (exact) mass is 498 g/mol. The number of hydrogen-bond acceptors (Lipinski definition) is 6. The number of nitriles is 1. The normalized spacial score (nSPS) is 21.5. The number of carbonyl (C=O) groups excluding carboxylic acids is 1. The SMILES string of the molecule is C[C@@H]1CC(N2CC(CC#N)(n3cc(-c4ncnc5[nH]ccc45)cn3)C2)CCN1C(=O)c1cccc(F)c1. The molecule has 1 aromatic carbocycles. The second-order valence-corrected chi connectivity index (χ2v) is 10.1. The lowest BCUT2D eigenvalue weighted by atomic mass is 9.83. The molecule has 5 heterocycles. The van der Waals surface area contributed by atoms with Gasteiger partial charge in [0.1, 0.15) is 23.3 Å². The Morgan fingerprint density at radius 2 is 2.16 bits per heavy atom. The van der Waals surface area contributed by atoms with Gasteiger partial charge in [-0.25, -0.2) is 14.4 Å². The van der Waals surface area contributed by atoms with Crippen LogP contribution in [0.4, 0.5) is 4.39 Å². The predicted octanol–water partition coefficient (Wildman–Crippen LogP) is 3.58. The van der Waals surface area contributed by atoms with Gasteiger partial charge in [-0.05, 0) is 44.0 Å². The highest BCUT2D eigenvalue weighted by atomic mass is 19.1. The number of rotatable bonds is 5. The first kappa shape index (κ1) is 23.3. The lowest BCUT2D eigenvalue weighted by Crippen LogP contribution is -2.67. The third-order valence-electron chi connectivity index (χ3n) is 7.80. The fourth-order valence-corrected chi connectivity index (χ4v) is 5.83. The third kappa shape index (κ3) is 4.05. The Labute approximate surface area is 213 Å². The molecule has 2 atom stereocenters. The van der Waals surface area contributed by atoms with Gasteiger partial charge >= 0.3 is 0 Å². The van der Waals surface area contributed by atoms with Crippen LogP contribution in [-0.4, -0.2) is 72.2 Å². The molecular formula is C27H27FN8O. The van der Waals surface area contributed by atoms with Crippen LogP contribution in [0.25, 0.3) is 22.3 Å². The summed E-state index contributed by atoms with van der Waals surface area (Å²) in [5.41, 5.74) is 2.47. The molecule has 2 aliphatic heterocycles. The van der Waals surface area contributed by atoms with Crippen molar-refractivity contribution in [3.63, 3.8) is 0 Å². The van der Waals surface area contributed by atoms with Gasteiger partial charge in [0, 0.05) is 60.6 Å². The molecule has 0 radical (unpaired) electrons. The van der Waals surface area contributed by atoms with Crippen molar-refractivity contribution in [3.8, 4) is 17.3 Å². The summed E-state index contributed by atoms with van der Waals surface area (Å²) >= 11 is 0. The van der Waals surface area contributed by atoms with E-state index in [0.29, 0.717) is 24.6 Å². The first-order valence-corrected chi connectivity index (χ1v) is 12.5. The van der Waals surface area contributed by atoms with Crippen molar-refractivity contribution in [2.24, 2.45) is 0 Å². The Morgan fingerprint density at radius 3 is 2.95 bits per heavy atom. The number of amides is 1. The highest BCUT2D eigenvalue weighted by molar-refractivity contribution is 5.94. The minimum Gasteiger partial charge on any atom is -0.346 e. The third-order valence-corrected chi connectivity index (χ3v) is 7.80. The summed E-state index contributed by atoms with van der Waals surface area (Å²) in [6.07, 6.45) is 9.19. The number of benzene rings is 1. The molecule has 0 spiro atoms. The van der Waals surface area contributed by atoms with Crippen LogP contribution in [0.3, 0.4) is 0 Å². The van der Waals surface area contributed by atoms with Crippen LogP contribution >= 0.6 is 0 Å². The number of aromatic amines is 1. The minimum absolute atomic E-state index is 0.0401. The van der Waals surface area contributed by atoms with E-state index in [1.807, 2.05) is 28.0 Å². The Bertz CT molecular complexity index is 1500. The van der Waals surface area contributed by atoms with Crippen molar-refractivity contribution >= 4 is 16.9 Å². The second kappa shape index (κ2) is 9.09. The molecule has 37 heavy (non-hydrogen) atoms. The minimum atomic E-state index is -0.401. The van der Waals surface area contributed by atoms with Crippen LogP contribution in [0.2, 0.25) is 0 Å². The number of halogens is 1. The molecular weight excluding hydrogens is 471 g/mol. The molecule has 1 N–H and O–H groups in total. The number of piperidine rings is 1. The average Bonchev–Trinajstić information content (AvgIpc) is 3.56. The summed E-state index contributed by atoms with van der Waals surface area (Å²) in [5, 5.41) is 15.2. The second-order valence-electron chi connectivity index (χ2n) is 10.1. The van der Waals surface area contributed by atoms with E-state index in [-0.39, 0.29) is 11.9 Å². The fraction of sp³-hybridized carbons (Fsp3) is 0.370. The summed E-state index contributed by atoms with van der Waals surface area (Å²) in [5.74, 6) is -0.528. The zero-order valence-corrected chi connectivity index (χ0v) is 20.5. The van der Waals surface area contributed by atoms with E-state index in [1.165, 1.54) is 18.5 Å². The number of aromatic nitrogens is 5. The zero-order valence-electron chi connectivity index (χ0n) is 20.5. The maximum Gasteiger partial charge on any atom is 0.254 e. The van der Waals surface area contributed by atoms with Crippen LogP contribution < -0.4 is 0 Å². The van der Waals surface area contributed by atoms with Crippen LogP contribution in [0, 0.1) is 17.1 Å². The van der Waals surface area contributed by atoms with E-state index in [1.54, 1.807) is 18.3 Å². The first-order valence-electron chi connectivity index (χ1n) is 12.5. The van der Waals surface area contributed by atoms with Crippen molar-refractivity contribution in [2.75, 3.05) is 19.6 Å². The summed E-state index contributed by atoms with van der Waals surface area (Å²) in [6.45, 7) is 4.12. The van der Waals surface area contributed by atoms with E-state index in [0.717, 1.165) is 48.2 Å². The van der Waals surface area contributed by atoms with Crippen LogP contribution in [-0.2, 0) is 5.54 Å². The highest BCUT2D eigenvalue weighted by Gasteiger charge is 2.49. The molecule has 10 heteroatoms. The van der Waals surface area contributed by atoms with Crippen molar-refractivity contribution in [1.29, 1.82) is 5.26 Å². The van der Waals surface area contributed by atoms with Gasteiger partial charge in [-0.15, -0.1) is 0 Å². The standard InChI is InChI=1S/C27H27FN8O/c1-18-11-22(6-10-35(18)26(37)19-3-2-4-21(28)12-19)34-15-27(16-34,7-8-29)36-14-20(13-33-36)24-23-5-9-30-25(23)32-17-31-24/h2-5,9,12-14,17-18,22H,6-7,10-11,15-16H2,1H3,(H,30,31,32)/t18-,22?/m1/s1. The first-order chi connectivity index (χ1) is 18.0. The number of carbonyl (C=O) groups is 1. The van der Waals surface area contributed by atoms with Crippen LogP contribution in [0.1, 0.15) is 36.5 Å². The molecule has 2 aliphatic rings. The largest absolute Gasteiger partial charge is 0.346 e. The highest BCUT2D eigenvalue weighted by Crippen LogP contribution is 2.38. The van der Waals surface area contributed by atoms with E-state index < -0.39 is 11.4 Å². The summed E-state index contributed by atoms with van der Waals surface area (Å²) in [4.78, 5) is 29.0. The number of likely N-dealkylation sites (tertiary alicyclic amines) is 2. The molecule has 0 saturated carbocycles. The summed E-state index contributed by atoms with van der Waals surface area (Å²) in [7, 11) is 0. The number of H-pyrrole nitrogens is 1. The van der Waals surface area contributed by atoms with Crippen molar-refractivity contribution in [3.05, 3.63) is 66.6 Å². The Balaban J connectivity index is 1.15. The van der Waals surface area contributed by atoms with Crippen LogP contribution in [0.5, 0.6) is 0 Å². The van der Waals surface area contributed by atoms with Crippen molar-refractivity contribution in [1.82, 2.24) is 34.5 Å². The predicted molar refractivity (Wildman–Crippen MR) is 135 cm³/mol. The van der Waals surface area contributed by atoms with Crippen molar-refractivity contribution < 1.29 is 9.18 Å². The number of fused-ring (bicyclic) bond motifs is 1. The van der Waals surface area contributed by atoms with Gasteiger partial charge in [0.25, 0.3) is 5.91 Å². The quantitative estimate of drug-likeness (QED) is 0.451. The molecule has 6 rings (SSSR count). The van der Waals surface area contributed by atoms with Gasteiger partial charge in [0.15, 0.2) is 0 Å². The molecule has 2 saturated heterocycles. The lowest BCUT2D eigenvalue weighted by Gasteiger charge is -2.54. The topological polar surface area (TPSA) is 107 Å². The van der Waals surface area contributed by atoms with E-state index in [2.05, 4.69) is 37.9 Å². The molecule has 4 aromatic rings. The van der Waals surface area contributed by atoms with E-state index >= 15 is 0 Å². The number of nitrogens with zero attached hydrogens (tertiary/aromatic N) is 7. The molecule has 0 aliphatic carbocycles. The molecule has 9 nitrogen and oxygen atoms in total. The van der Waals surface area contributed by atoms with Gasteiger partial charge in [-0.3, -0.25) is 14.4 Å². The molecule has 188 valence electrons. The Kier molecular flexibility index (Phi) is 5.72. The van der Waals surface area contributed by atoms with Crippen LogP contribution in [0.15, 0.2) is 55.2 Å². The van der Waals surface area contributed by atoms with E-state index in [4.69, 9.17) is 0 Å². The molecule has 0 bridgehead atoms. The molecule has 1 unspecified atom stereocenters. The smallest absolute Gasteiger partial charge is 0.254 e. The zero-order chi connectivity index (χ0) is 25.6. The summed E-state index contributed by atoms with van der Waals surface area (Å²) < 4.78 is 15.6. The van der Waals surface area contributed by atoms with E-state index in [9.17, 15) is 14.4 Å². The van der Waals surface area contributed by atoms with Crippen molar-refractivity contribution in [2.45, 2.75) is 43.8 Å². The fourth-order valence-electron chi connectivity index (χ4n) is 5.83. The molecule has 3 aromatic heterocycles. The summed E-state index contributed by atoms with van der Waals surface area (Å²) in [6, 6.07) is 10.5. The van der Waals surface area contributed by atoms with Gasteiger partial charge in [-0.2, -0.15) is 10.4 Å².